The second kappa shape index (κ2) is 13.1. The first-order valence-electron chi connectivity index (χ1n) is 17.4. The van der Waals surface area contributed by atoms with Crippen LogP contribution < -0.4 is 15.5 Å². The summed E-state index contributed by atoms with van der Waals surface area (Å²) in [7, 11) is -3.55. The van der Waals surface area contributed by atoms with E-state index in [4.69, 9.17) is 4.74 Å². The minimum absolute atomic E-state index is 0.0916. The van der Waals surface area contributed by atoms with Gasteiger partial charge in [-0.25, -0.2) is 0 Å². The Balaban J connectivity index is 1.26. The molecule has 0 bridgehead atoms. The van der Waals surface area contributed by atoms with Crippen LogP contribution in [0.2, 0.25) is 18.6 Å². The highest BCUT2D eigenvalue weighted by molar-refractivity contribution is 6.72. The molecule has 49 heavy (non-hydrogen) atoms. The third-order valence-corrected chi connectivity index (χ3v) is 13.5. The topological polar surface area (TPSA) is 111 Å². The number of anilines is 3. The zero-order chi connectivity index (χ0) is 34.5. The van der Waals surface area contributed by atoms with E-state index in [0.29, 0.717) is 42.1 Å². The van der Waals surface area contributed by atoms with Crippen LogP contribution in [0.4, 0.5) is 21.2 Å². The number of hydrogen-bond acceptors (Lipinski definition) is 6. The Bertz CT molecular complexity index is 1750. The molecule has 0 aromatic heterocycles. The van der Waals surface area contributed by atoms with E-state index in [1.54, 1.807) is 35.0 Å². The van der Waals surface area contributed by atoms with E-state index >= 15 is 4.11 Å². The van der Waals surface area contributed by atoms with Gasteiger partial charge in [0.1, 0.15) is 0 Å². The molecule has 0 aliphatic carbocycles. The maximum absolute atomic E-state index is 16.6. The quantitative estimate of drug-likeness (QED) is 0.227. The van der Waals surface area contributed by atoms with Crippen LogP contribution in [-0.2, 0) is 37.7 Å². The summed E-state index contributed by atoms with van der Waals surface area (Å²) in [6.45, 7) is 6.75. The van der Waals surface area contributed by atoms with Crippen LogP contribution in [0.25, 0.3) is 0 Å². The van der Waals surface area contributed by atoms with Crippen LogP contribution in [0.5, 0.6) is 0 Å². The maximum Gasteiger partial charge on any atom is 0.268 e. The Morgan fingerprint density at radius 3 is 2.51 bits per heavy atom. The van der Waals surface area contributed by atoms with Gasteiger partial charge in [-0.15, -0.1) is 0 Å². The molecule has 3 amide bonds. The zero-order valence-electron chi connectivity index (χ0n) is 28.3. The Hall–Kier alpha value is -3.90. The highest BCUT2D eigenvalue weighted by Crippen LogP contribution is 2.61. The van der Waals surface area contributed by atoms with Crippen molar-refractivity contribution in [1.82, 2.24) is 10.2 Å². The minimum atomic E-state index is -3.55. The second-order valence-electron chi connectivity index (χ2n) is 14.5. The van der Waals surface area contributed by atoms with Crippen LogP contribution >= 0.6 is 0 Å². The standard InChI is InChI=1S/C38H45FN4O5Si/c1-24-35(49(2,3)39)33(20-34(45)42-22-27-11-8-7-10-25(27)18-30(42)23-44)48-38(24)31-19-28(41-36(46)26-12-9-17-40-21-26)15-16-32(31)43(37(38)47)29-13-5-4-6-14-29/h4-8,10-11,13-16,19,24,26,30,33,35,40,44H,9,12,17-18,20-23H2,1-3H3,(H,41,46)/t24-,26?,30+,33+,35-,38+/m1/s1. The number of piperidine rings is 1. The Kier molecular flexibility index (Phi) is 8.97. The van der Waals surface area contributed by atoms with E-state index in [0.717, 1.165) is 30.5 Å². The van der Waals surface area contributed by atoms with E-state index in [1.165, 1.54) is 0 Å². The van der Waals surface area contributed by atoms with Crippen molar-refractivity contribution in [3.8, 4) is 0 Å². The average molecular weight is 685 g/mol. The van der Waals surface area contributed by atoms with Gasteiger partial charge in [0.2, 0.25) is 20.2 Å². The fourth-order valence-electron chi connectivity index (χ4n) is 8.74. The van der Waals surface area contributed by atoms with E-state index < -0.39 is 37.6 Å². The molecule has 6 atom stereocenters. The van der Waals surface area contributed by atoms with Crippen LogP contribution in [-0.4, -0.2) is 68.0 Å². The van der Waals surface area contributed by atoms with E-state index in [-0.39, 0.29) is 36.7 Å². The number of ether oxygens (including phenoxy) is 1. The highest BCUT2D eigenvalue weighted by Gasteiger charge is 2.67. The summed E-state index contributed by atoms with van der Waals surface area (Å²) >= 11 is 0. The fraction of sp³-hybridized carbons (Fsp3) is 0.447. The summed E-state index contributed by atoms with van der Waals surface area (Å²) in [5, 5.41) is 16.6. The van der Waals surface area contributed by atoms with Crippen LogP contribution in [0.1, 0.15) is 42.9 Å². The molecule has 4 aliphatic rings. The third-order valence-electron chi connectivity index (χ3n) is 11.1. The molecule has 9 nitrogen and oxygen atoms in total. The first kappa shape index (κ1) is 33.6. The molecule has 0 radical (unpaired) electrons. The number of benzene rings is 3. The van der Waals surface area contributed by atoms with Crippen molar-refractivity contribution in [2.75, 3.05) is 29.9 Å². The van der Waals surface area contributed by atoms with Gasteiger partial charge in [-0.05, 0) is 80.4 Å². The van der Waals surface area contributed by atoms with Gasteiger partial charge >= 0.3 is 0 Å². The highest BCUT2D eigenvalue weighted by atomic mass is 28.4. The van der Waals surface area contributed by atoms with Crippen LogP contribution in [0.15, 0.2) is 72.8 Å². The minimum Gasteiger partial charge on any atom is -0.394 e. The van der Waals surface area contributed by atoms with Crippen molar-refractivity contribution >= 4 is 43.2 Å². The summed E-state index contributed by atoms with van der Waals surface area (Å²) in [6.07, 6.45) is 1.26. The lowest BCUT2D eigenvalue weighted by molar-refractivity contribution is -0.150. The molecule has 0 saturated carbocycles. The number of rotatable bonds is 7. The van der Waals surface area contributed by atoms with Crippen molar-refractivity contribution in [2.45, 2.75) is 75.5 Å². The number of amides is 3. The van der Waals surface area contributed by atoms with E-state index in [9.17, 15) is 19.5 Å². The van der Waals surface area contributed by atoms with Crippen molar-refractivity contribution in [2.24, 2.45) is 11.8 Å². The molecule has 1 unspecified atom stereocenters. The Morgan fingerprint density at radius 1 is 1.08 bits per heavy atom. The number of fused-ring (bicyclic) bond motifs is 3. The van der Waals surface area contributed by atoms with Gasteiger partial charge in [0, 0.05) is 41.5 Å². The molecule has 3 aromatic rings. The normalized spacial score (nSPS) is 28.0. The molecule has 258 valence electrons. The van der Waals surface area contributed by atoms with Gasteiger partial charge in [-0.3, -0.25) is 19.3 Å². The Morgan fingerprint density at radius 2 is 1.82 bits per heavy atom. The predicted molar refractivity (Wildman–Crippen MR) is 188 cm³/mol. The SMILES string of the molecule is C[C@@H]1[C@@H]([Si](C)(C)F)[C@H](CC(=O)N2Cc3ccccc3C[C@H]2CO)O[C@@]12C(=O)N(c1ccccc1)c1ccc(NC(=O)C3CCCNC3)cc12. The van der Waals surface area contributed by atoms with Crippen molar-refractivity contribution < 1.29 is 28.3 Å². The molecule has 1 spiro atoms. The van der Waals surface area contributed by atoms with E-state index in [2.05, 4.69) is 10.6 Å². The number of aliphatic hydroxyl groups is 1. The maximum atomic E-state index is 16.6. The summed E-state index contributed by atoms with van der Waals surface area (Å²) in [4.78, 5) is 45.6. The summed E-state index contributed by atoms with van der Waals surface area (Å²) in [6, 6.07) is 22.2. The zero-order valence-corrected chi connectivity index (χ0v) is 29.3. The van der Waals surface area contributed by atoms with Crippen molar-refractivity contribution in [3.63, 3.8) is 0 Å². The number of nitrogens with one attached hydrogen (secondary N) is 2. The summed E-state index contributed by atoms with van der Waals surface area (Å²) in [5.41, 5.74) is 2.22. The molecule has 2 saturated heterocycles. The van der Waals surface area contributed by atoms with E-state index in [1.807, 2.05) is 67.6 Å². The fourth-order valence-corrected chi connectivity index (χ4v) is 11.2. The third kappa shape index (κ3) is 5.90. The summed E-state index contributed by atoms with van der Waals surface area (Å²) < 4.78 is 23.4. The second-order valence-corrected chi connectivity index (χ2v) is 18.3. The number of hydrogen-bond donors (Lipinski definition) is 3. The summed E-state index contributed by atoms with van der Waals surface area (Å²) in [5.74, 6) is -1.44. The van der Waals surface area contributed by atoms with Gasteiger partial charge < -0.3 is 29.5 Å². The smallest absolute Gasteiger partial charge is 0.268 e. The Labute approximate surface area is 288 Å². The van der Waals surface area contributed by atoms with Gasteiger partial charge in [0.25, 0.3) is 5.91 Å². The van der Waals surface area contributed by atoms with Gasteiger partial charge in [-0.1, -0.05) is 49.4 Å². The average Bonchev–Trinajstić information content (AvgIpc) is 3.54. The molecule has 4 aliphatic heterocycles. The van der Waals surface area contributed by atoms with Gasteiger partial charge in [0.15, 0.2) is 5.60 Å². The lowest BCUT2D eigenvalue weighted by atomic mass is 9.82. The number of carbonyl (C=O) groups is 3. The number of aliphatic hydroxyl groups excluding tert-OH is 1. The first-order valence-corrected chi connectivity index (χ1v) is 20.4. The van der Waals surface area contributed by atoms with Crippen molar-refractivity contribution in [3.05, 3.63) is 89.5 Å². The van der Waals surface area contributed by atoms with Gasteiger partial charge in [-0.2, -0.15) is 0 Å². The van der Waals surface area contributed by atoms with Crippen LogP contribution in [0.3, 0.4) is 0 Å². The first-order chi connectivity index (χ1) is 23.5. The number of carbonyl (C=O) groups excluding carboxylic acids is 3. The number of halogens is 1. The van der Waals surface area contributed by atoms with Crippen molar-refractivity contribution in [1.29, 1.82) is 0 Å². The predicted octanol–water partition coefficient (Wildman–Crippen LogP) is 5.41. The molecular formula is C38H45FN4O5Si. The number of para-hydroxylation sites is 1. The molecule has 3 aromatic carbocycles. The number of nitrogens with zero attached hydrogens (tertiary/aromatic N) is 2. The molecule has 3 N–H and O–H groups in total. The monoisotopic (exact) mass is 684 g/mol. The van der Waals surface area contributed by atoms with Gasteiger partial charge in [0.05, 0.1) is 36.8 Å². The largest absolute Gasteiger partial charge is 0.394 e. The lowest BCUT2D eigenvalue weighted by Gasteiger charge is -2.37. The molecule has 4 heterocycles. The van der Waals surface area contributed by atoms with Crippen LogP contribution in [0, 0.1) is 11.8 Å². The lowest BCUT2D eigenvalue weighted by Crippen LogP contribution is -2.48. The molecule has 7 rings (SSSR count). The molecular weight excluding hydrogens is 640 g/mol. The molecule has 11 heteroatoms. The molecule has 2 fully saturated rings.